The van der Waals surface area contributed by atoms with Gasteiger partial charge in [0.15, 0.2) is 0 Å². The van der Waals surface area contributed by atoms with Crippen LogP contribution < -0.4 is 5.32 Å². The summed E-state index contributed by atoms with van der Waals surface area (Å²) in [5.41, 5.74) is 0. The molecule has 4 aliphatic rings. The van der Waals surface area contributed by atoms with E-state index < -0.39 is 0 Å². The van der Waals surface area contributed by atoms with Crippen molar-refractivity contribution in [3.8, 4) is 0 Å². The number of hydrogen-bond acceptors (Lipinski definition) is 3. The van der Waals surface area contributed by atoms with Crippen LogP contribution in [0.4, 0.5) is 0 Å². The molecule has 1 saturated carbocycles. The summed E-state index contributed by atoms with van der Waals surface area (Å²) in [5.74, 6) is 0. The van der Waals surface area contributed by atoms with Crippen LogP contribution >= 0.6 is 0 Å². The Bertz CT molecular complexity index is 315. The highest BCUT2D eigenvalue weighted by Crippen LogP contribution is 2.31. The Morgan fingerprint density at radius 1 is 0.684 bits per heavy atom. The van der Waals surface area contributed by atoms with Gasteiger partial charge in [-0.3, -0.25) is 4.90 Å². The van der Waals surface area contributed by atoms with Crippen LogP contribution in [0.5, 0.6) is 0 Å². The number of rotatable bonds is 3. The zero-order chi connectivity index (χ0) is 12.7. The van der Waals surface area contributed by atoms with Crippen LogP contribution in [-0.2, 0) is 0 Å². The summed E-state index contributed by atoms with van der Waals surface area (Å²) in [6, 6.07) is 3.49. The zero-order valence-corrected chi connectivity index (χ0v) is 12.2. The second kappa shape index (κ2) is 5.34. The van der Waals surface area contributed by atoms with Crippen LogP contribution in [0.3, 0.4) is 0 Å². The number of nitrogens with zero attached hydrogens (tertiary/aromatic N) is 2. The molecule has 3 heteroatoms. The molecule has 0 amide bonds. The lowest BCUT2D eigenvalue weighted by Gasteiger charge is -2.44. The van der Waals surface area contributed by atoms with Gasteiger partial charge in [0, 0.05) is 30.7 Å². The van der Waals surface area contributed by atoms with E-state index in [1.807, 2.05) is 0 Å². The summed E-state index contributed by atoms with van der Waals surface area (Å²) >= 11 is 0. The first-order chi connectivity index (χ1) is 9.38. The molecule has 4 rings (SSSR count). The summed E-state index contributed by atoms with van der Waals surface area (Å²) in [6.45, 7) is 5.43. The van der Waals surface area contributed by atoms with E-state index >= 15 is 0 Å². The Morgan fingerprint density at radius 3 is 2.37 bits per heavy atom. The van der Waals surface area contributed by atoms with Crippen LogP contribution in [0.1, 0.15) is 51.4 Å². The molecule has 0 spiro atoms. The molecule has 3 saturated heterocycles. The van der Waals surface area contributed by atoms with Gasteiger partial charge in [0.2, 0.25) is 0 Å². The first kappa shape index (κ1) is 12.6. The predicted octanol–water partition coefficient (Wildman–Crippen LogP) is 1.83. The minimum absolute atomic E-state index is 0.794. The van der Waals surface area contributed by atoms with Crippen molar-refractivity contribution in [3.05, 3.63) is 0 Å². The molecule has 0 bridgehead atoms. The molecule has 4 fully saturated rings. The van der Waals surface area contributed by atoms with Crippen LogP contribution in [0, 0.1) is 0 Å². The fourth-order valence-corrected chi connectivity index (χ4v) is 4.59. The fraction of sp³-hybridized carbons (Fsp3) is 1.00. The van der Waals surface area contributed by atoms with E-state index in [4.69, 9.17) is 0 Å². The van der Waals surface area contributed by atoms with E-state index in [0.717, 1.165) is 24.2 Å². The topological polar surface area (TPSA) is 18.5 Å². The maximum atomic E-state index is 3.86. The van der Waals surface area contributed by atoms with Crippen LogP contribution in [0.25, 0.3) is 0 Å². The normalized spacial score (nSPS) is 41.4. The van der Waals surface area contributed by atoms with Crippen molar-refractivity contribution in [2.24, 2.45) is 0 Å². The third-order valence-corrected chi connectivity index (χ3v) is 5.81. The summed E-state index contributed by atoms with van der Waals surface area (Å²) in [5, 5.41) is 3.86. The summed E-state index contributed by atoms with van der Waals surface area (Å²) < 4.78 is 0. The first-order valence-corrected chi connectivity index (χ1v) is 8.62. The highest BCUT2D eigenvalue weighted by Gasteiger charge is 2.36. The van der Waals surface area contributed by atoms with Crippen LogP contribution in [0.2, 0.25) is 0 Å². The van der Waals surface area contributed by atoms with Crippen molar-refractivity contribution in [2.75, 3.05) is 26.2 Å². The molecule has 3 atom stereocenters. The summed E-state index contributed by atoms with van der Waals surface area (Å²) in [4.78, 5) is 5.58. The first-order valence-electron chi connectivity index (χ1n) is 8.62. The molecular weight excluding hydrogens is 234 g/mol. The maximum Gasteiger partial charge on any atom is 0.0198 e. The quantitative estimate of drug-likeness (QED) is 0.838. The van der Waals surface area contributed by atoms with E-state index in [1.165, 1.54) is 77.5 Å². The third kappa shape index (κ3) is 2.84. The largest absolute Gasteiger partial charge is 0.310 e. The van der Waals surface area contributed by atoms with Crippen LogP contribution in [-0.4, -0.2) is 60.1 Å². The molecule has 3 unspecified atom stereocenters. The molecule has 0 radical (unpaired) electrons. The molecule has 1 N–H and O–H groups in total. The van der Waals surface area contributed by atoms with Crippen molar-refractivity contribution < 1.29 is 0 Å². The maximum absolute atomic E-state index is 3.86. The van der Waals surface area contributed by atoms with Gasteiger partial charge in [-0.05, 0) is 71.0 Å². The molecule has 3 heterocycles. The predicted molar refractivity (Wildman–Crippen MR) is 78.4 cm³/mol. The van der Waals surface area contributed by atoms with Crippen molar-refractivity contribution in [2.45, 2.75) is 75.5 Å². The smallest absolute Gasteiger partial charge is 0.0198 e. The van der Waals surface area contributed by atoms with Crippen molar-refractivity contribution in [1.29, 1.82) is 0 Å². The Kier molecular flexibility index (Phi) is 3.55. The van der Waals surface area contributed by atoms with Gasteiger partial charge in [-0.25, -0.2) is 0 Å². The number of piperidine rings is 2. The minimum Gasteiger partial charge on any atom is -0.310 e. The molecule has 0 aromatic carbocycles. The Labute approximate surface area is 117 Å². The molecule has 19 heavy (non-hydrogen) atoms. The molecular formula is C16H29N3. The number of fused-ring (bicyclic) bond motifs is 1. The SMILES string of the molecule is C1CC2CC(N3CCCC(NC4CC4)C3)CCN2C1. The van der Waals surface area contributed by atoms with Gasteiger partial charge in [0.1, 0.15) is 0 Å². The second-order valence-electron chi connectivity index (χ2n) is 7.29. The van der Waals surface area contributed by atoms with Crippen molar-refractivity contribution in [1.82, 2.24) is 15.1 Å². The highest BCUT2D eigenvalue weighted by molar-refractivity contribution is 4.94. The number of likely N-dealkylation sites (tertiary alicyclic amines) is 1. The van der Waals surface area contributed by atoms with Gasteiger partial charge >= 0.3 is 0 Å². The molecule has 0 aromatic rings. The number of hydrogen-bond donors (Lipinski definition) is 1. The van der Waals surface area contributed by atoms with E-state index in [0.29, 0.717) is 0 Å². The van der Waals surface area contributed by atoms with Gasteiger partial charge in [-0.2, -0.15) is 0 Å². The number of nitrogens with one attached hydrogen (secondary N) is 1. The van der Waals surface area contributed by atoms with Gasteiger partial charge in [0.05, 0.1) is 0 Å². The molecule has 108 valence electrons. The van der Waals surface area contributed by atoms with Gasteiger partial charge in [-0.1, -0.05) is 0 Å². The average molecular weight is 263 g/mol. The van der Waals surface area contributed by atoms with Gasteiger partial charge < -0.3 is 10.2 Å². The Hall–Kier alpha value is -0.120. The second-order valence-corrected chi connectivity index (χ2v) is 7.29. The van der Waals surface area contributed by atoms with Gasteiger partial charge in [0.25, 0.3) is 0 Å². The third-order valence-electron chi connectivity index (χ3n) is 5.81. The van der Waals surface area contributed by atoms with Crippen molar-refractivity contribution >= 4 is 0 Å². The van der Waals surface area contributed by atoms with Crippen LogP contribution in [0.15, 0.2) is 0 Å². The summed E-state index contributed by atoms with van der Waals surface area (Å²) in [7, 11) is 0. The van der Waals surface area contributed by atoms with E-state index in [-0.39, 0.29) is 0 Å². The van der Waals surface area contributed by atoms with E-state index in [1.54, 1.807) is 0 Å². The van der Waals surface area contributed by atoms with E-state index in [2.05, 4.69) is 15.1 Å². The molecule has 3 aliphatic heterocycles. The summed E-state index contributed by atoms with van der Waals surface area (Å²) in [6.07, 6.45) is 11.5. The molecule has 0 aromatic heterocycles. The lowest BCUT2D eigenvalue weighted by Crippen LogP contribution is -2.54. The zero-order valence-electron chi connectivity index (χ0n) is 12.2. The average Bonchev–Trinajstić information content (AvgIpc) is 3.13. The molecule has 3 nitrogen and oxygen atoms in total. The minimum atomic E-state index is 0.794. The van der Waals surface area contributed by atoms with E-state index in [9.17, 15) is 0 Å². The lowest BCUT2D eigenvalue weighted by molar-refractivity contribution is 0.0638. The Balaban J connectivity index is 1.33. The Morgan fingerprint density at radius 2 is 1.47 bits per heavy atom. The standard InChI is InChI=1S/C16H29N3/c1-3-14(17-13-5-6-13)12-19(9-1)16-7-10-18-8-2-4-15(18)11-16/h13-17H,1-12H2. The fourth-order valence-electron chi connectivity index (χ4n) is 4.59. The molecule has 1 aliphatic carbocycles. The van der Waals surface area contributed by atoms with Gasteiger partial charge in [-0.15, -0.1) is 0 Å². The monoisotopic (exact) mass is 263 g/mol. The van der Waals surface area contributed by atoms with Crippen molar-refractivity contribution in [3.63, 3.8) is 0 Å². The lowest BCUT2D eigenvalue weighted by atomic mass is 9.93. The highest BCUT2D eigenvalue weighted by atomic mass is 15.2.